The Balaban J connectivity index is 1.85. The molecule has 25 heavy (non-hydrogen) atoms. The van der Waals surface area contributed by atoms with E-state index in [9.17, 15) is 4.79 Å². The van der Waals surface area contributed by atoms with Gasteiger partial charge in [-0.05, 0) is 11.1 Å². The second kappa shape index (κ2) is 6.98. The van der Waals surface area contributed by atoms with Gasteiger partial charge in [-0.2, -0.15) is 9.78 Å². The zero-order valence-corrected chi connectivity index (χ0v) is 15.1. The summed E-state index contributed by atoms with van der Waals surface area (Å²) >= 11 is 0. The van der Waals surface area contributed by atoms with Crippen LogP contribution in [-0.4, -0.2) is 47.0 Å². The van der Waals surface area contributed by atoms with Gasteiger partial charge >= 0.3 is 6.03 Å². The van der Waals surface area contributed by atoms with E-state index in [2.05, 4.69) is 61.2 Å². The molecule has 0 saturated carbocycles. The van der Waals surface area contributed by atoms with E-state index in [1.807, 2.05) is 0 Å². The summed E-state index contributed by atoms with van der Waals surface area (Å²) in [7, 11) is 0. The Labute approximate surface area is 148 Å². The van der Waals surface area contributed by atoms with Crippen molar-refractivity contribution in [2.45, 2.75) is 32.7 Å². The topological polar surface area (TPSA) is 73.4 Å². The molecule has 1 aliphatic rings. The van der Waals surface area contributed by atoms with Crippen LogP contribution in [0.3, 0.4) is 0 Å². The van der Waals surface area contributed by atoms with Crippen molar-refractivity contribution in [1.82, 2.24) is 14.7 Å². The average Bonchev–Trinajstić information content (AvgIpc) is 3.02. The van der Waals surface area contributed by atoms with Gasteiger partial charge in [-0.25, -0.2) is 4.79 Å². The Morgan fingerprint density at radius 3 is 2.44 bits per heavy atom. The van der Waals surface area contributed by atoms with Crippen molar-refractivity contribution in [3.05, 3.63) is 41.7 Å². The number of ether oxygens (including phenoxy) is 1. The van der Waals surface area contributed by atoms with Crippen molar-refractivity contribution in [1.29, 1.82) is 0 Å². The van der Waals surface area contributed by atoms with E-state index in [-0.39, 0.29) is 5.41 Å². The molecule has 3 rings (SSSR count). The minimum absolute atomic E-state index is 0.209. The Morgan fingerprint density at radius 1 is 1.24 bits per heavy atom. The number of rotatable bonds is 3. The minimum atomic E-state index is -0.624. The van der Waals surface area contributed by atoms with Gasteiger partial charge in [0.2, 0.25) is 0 Å². The van der Waals surface area contributed by atoms with Gasteiger partial charge in [-0.15, -0.1) is 0 Å². The number of nitrogens with two attached hydrogens (primary N) is 1. The predicted octanol–water partition coefficient (Wildman–Crippen LogP) is 2.41. The second-order valence-corrected chi connectivity index (χ2v) is 7.42. The number of carbonyl (C=O) groups is 1. The summed E-state index contributed by atoms with van der Waals surface area (Å²) in [6.45, 7) is 10.6. The monoisotopic (exact) mass is 341 g/mol. The Bertz CT molecular complexity index is 738. The van der Waals surface area contributed by atoms with Crippen LogP contribution in [0.1, 0.15) is 32.0 Å². The van der Waals surface area contributed by atoms with Crippen molar-refractivity contribution in [3.63, 3.8) is 0 Å². The normalized spacial score (nSPS) is 16.1. The van der Waals surface area contributed by atoms with Gasteiger partial charge in [0.15, 0.2) is 0 Å². The van der Waals surface area contributed by atoms with E-state index < -0.39 is 6.03 Å². The molecule has 0 bridgehead atoms. The van der Waals surface area contributed by atoms with Crippen LogP contribution in [-0.2, 0) is 16.7 Å². The number of nitrogens with zero attached hydrogens (tertiary/aromatic N) is 3. The smallest absolute Gasteiger partial charge is 0.340 e. The van der Waals surface area contributed by atoms with Gasteiger partial charge in [0.1, 0.15) is 6.20 Å². The molecule has 6 nitrogen and oxygen atoms in total. The maximum Gasteiger partial charge on any atom is 0.340 e. The van der Waals surface area contributed by atoms with E-state index in [1.54, 1.807) is 0 Å². The molecule has 1 radical (unpaired) electrons. The molecule has 2 heterocycles. The van der Waals surface area contributed by atoms with Gasteiger partial charge in [0.05, 0.1) is 18.9 Å². The highest BCUT2D eigenvalue weighted by Crippen LogP contribution is 2.31. The van der Waals surface area contributed by atoms with Crippen molar-refractivity contribution in [2.24, 2.45) is 5.73 Å². The molecule has 0 atom stereocenters. The summed E-state index contributed by atoms with van der Waals surface area (Å²) in [4.78, 5) is 13.9. The highest BCUT2D eigenvalue weighted by Gasteiger charge is 2.24. The van der Waals surface area contributed by atoms with Crippen LogP contribution in [0, 0.1) is 6.20 Å². The van der Waals surface area contributed by atoms with Crippen LogP contribution in [0.15, 0.2) is 24.3 Å². The lowest BCUT2D eigenvalue weighted by molar-refractivity contribution is 0.0342. The number of hydrogen-bond donors (Lipinski definition) is 1. The molecule has 6 heteroatoms. The zero-order valence-electron chi connectivity index (χ0n) is 15.1. The first-order chi connectivity index (χ1) is 11.8. The van der Waals surface area contributed by atoms with E-state index in [4.69, 9.17) is 10.5 Å². The van der Waals surface area contributed by atoms with Gasteiger partial charge in [0.25, 0.3) is 0 Å². The average molecular weight is 341 g/mol. The third kappa shape index (κ3) is 4.08. The largest absolute Gasteiger partial charge is 0.379 e. The maximum absolute atomic E-state index is 11.5. The van der Waals surface area contributed by atoms with Gasteiger partial charge < -0.3 is 10.5 Å². The Morgan fingerprint density at radius 2 is 1.88 bits per heavy atom. The van der Waals surface area contributed by atoms with Crippen molar-refractivity contribution in [2.75, 3.05) is 26.3 Å². The quantitative estimate of drug-likeness (QED) is 0.930. The predicted molar refractivity (Wildman–Crippen MR) is 96.3 cm³/mol. The van der Waals surface area contributed by atoms with E-state index in [0.29, 0.717) is 0 Å². The number of aromatic nitrogens is 2. The van der Waals surface area contributed by atoms with Crippen molar-refractivity contribution >= 4 is 6.03 Å². The molecule has 1 amide bonds. The summed E-state index contributed by atoms with van der Waals surface area (Å²) in [5, 5.41) is 4.34. The summed E-state index contributed by atoms with van der Waals surface area (Å²) < 4.78 is 6.48. The van der Waals surface area contributed by atoms with Crippen molar-refractivity contribution in [3.8, 4) is 11.1 Å². The van der Waals surface area contributed by atoms with E-state index >= 15 is 0 Å². The first-order valence-electron chi connectivity index (χ1n) is 8.56. The standard InChI is InChI=1S/C19H25N4O2/c1-19(2,3)17-16(13-23(21-17)18(20)24)15-6-4-14(5-7-15)12-22-8-10-25-11-9-22/h4-7H,8-12H2,1-3H3,(H2,20,24). The third-order valence-electron chi connectivity index (χ3n) is 4.33. The molecule has 0 aliphatic carbocycles. The molecule has 1 aromatic heterocycles. The van der Waals surface area contributed by atoms with Crippen LogP contribution in [0.2, 0.25) is 0 Å². The highest BCUT2D eigenvalue weighted by molar-refractivity contribution is 5.76. The van der Waals surface area contributed by atoms with Crippen molar-refractivity contribution < 1.29 is 9.53 Å². The zero-order chi connectivity index (χ0) is 18.0. The fraction of sp³-hybridized carbons (Fsp3) is 0.474. The van der Waals surface area contributed by atoms with Gasteiger partial charge in [-0.3, -0.25) is 4.90 Å². The van der Waals surface area contributed by atoms with Crippen LogP contribution in [0.4, 0.5) is 4.79 Å². The molecule has 1 aromatic carbocycles. The lowest BCUT2D eigenvalue weighted by Gasteiger charge is -2.26. The van der Waals surface area contributed by atoms with Gasteiger partial charge in [-0.1, -0.05) is 45.0 Å². The molecular weight excluding hydrogens is 316 g/mol. The molecule has 1 fully saturated rings. The van der Waals surface area contributed by atoms with Crippen LogP contribution >= 0.6 is 0 Å². The first-order valence-corrected chi connectivity index (χ1v) is 8.56. The van der Waals surface area contributed by atoms with Gasteiger partial charge in [0, 0.05) is 30.6 Å². The number of morpholine rings is 1. The van der Waals surface area contributed by atoms with E-state index in [1.165, 1.54) is 5.56 Å². The number of primary amides is 1. The molecule has 0 unspecified atom stereocenters. The molecule has 1 aliphatic heterocycles. The number of hydrogen-bond acceptors (Lipinski definition) is 4. The molecule has 0 spiro atoms. The molecule has 1 saturated heterocycles. The molecule has 2 N–H and O–H groups in total. The van der Waals surface area contributed by atoms with Crippen LogP contribution < -0.4 is 5.73 Å². The number of benzene rings is 1. The Kier molecular flexibility index (Phi) is 4.92. The van der Waals surface area contributed by atoms with Crippen LogP contribution in [0.25, 0.3) is 11.1 Å². The fourth-order valence-electron chi connectivity index (χ4n) is 2.96. The lowest BCUT2D eigenvalue weighted by Crippen LogP contribution is -2.35. The SMILES string of the molecule is CC(C)(C)c1nn(C(N)=O)[c]c1-c1ccc(CN2CCOCC2)cc1. The summed E-state index contributed by atoms with van der Waals surface area (Å²) in [6.07, 6.45) is 3.01. The van der Waals surface area contributed by atoms with Crippen LogP contribution in [0.5, 0.6) is 0 Å². The maximum atomic E-state index is 11.5. The number of amides is 1. The lowest BCUT2D eigenvalue weighted by atomic mass is 9.87. The van der Waals surface area contributed by atoms with E-state index in [0.717, 1.165) is 54.4 Å². The molecule has 2 aromatic rings. The highest BCUT2D eigenvalue weighted by atomic mass is 16.5. The third-order valence-corrected chi connectivity index (χ3v) is 4.33. The summed E-state index contributed by atoms with van der Waals surface area (Å²) in [5.41, 5.74) is 9.03. The molecular formula is C19H25N4O2. The summed E-state index contributed by atoms with van der Waals surface area (Å²) in [6, 6.07) is 7.73. The Hall–Kier alpha value is -2.18. The molecule has 133 valence electrons. The minimum Gasteiger partial charge on any atom is -0.379 e. The number of carbonyl (C=O) groups excluding carboxylic acids is 1. The second-order valence-electron chi connectivity index (χ2n) is 7.42. The fourth-order valence-corrected chi connectivity index (χ4v) is 2.96. The summed E-state index contributed by atoms with van der Waals surface area (Å²) in [5.74, 6) is 0. The first kappa shape index (κ1) is 17.6.